The first kappa shape index (κ1) is 16.4. The minimum atomic E-state index is -0.346. The number of nitro groups is 1. The van der Waals surface area contributed by atoms with Crippen LogP contribution in [0.3, 0.4) is 0 Å². The monoisotopic (exact) mass is 327 g/mol. The van der Waals surface area contributed by atoms with Crippen LogP contribution in [0.25, 0.3) is 0 Å². The lowest BCUT2D eigenvalue weighted by Gasteiger charge is -2.31. The van der Waals surface area contributed by atoms with E-state index >= 15 is 0 Å². The number of nitrogens with zero attached hydrogens (tertiary/aromatic N) is 2. The Morgan fingerprint density at radius 3 is 2.62 bits per heavy atom. The molecule has 0 spiro atoms. The molecule has 0 fully saturated rings. The number of hydrogen-bond acceptors (Lipinski definition) is 5. The average Bonchev–Trinajstić information content (AvgIpc) is 2.53. The summed E-state index contributed by atoms with van der Waals surface area (Å²) in [5.41, 5.74) is 1.59. The van der Waals surface area contributed by atoms with Gasteiger partial charge in [0.25, 0.3) is 5.69 Å². The fourth-order valence-electron chi connectivity index (χ4n) is 3.21. The Labute approximate surface area is 141 Å². The van der Waals surface area contributed by atoms with Crippen molar-refractivity contribution < 1.29 is 9.66 Å². The van der Waals surface area contributed by atoms with Gasteiger partial charge in [0, 0.05) is 24.2 Å². The number of rotatable bonds is 5. The summed E-state index contributed by atoms with van der Waals surface area (Å²) in [7, 11) is 4.01. The molecule has 0 aliphatic carbocycles. The van der Waals surface area contributed by atoms with Gasteiger partial charge in [-0.3, -0.25) is 10.1 Å². The lowest BCUT2D eigenvalue weighted by Crippen LogP contribution is -2.39. The lowest BCUT2D eigenvalue weighted by molar-refractivity contribution is -0.385. The van der Waals surface area contributed by atoms with Crippen molar-refractivity contribution in [3.8, 4) is 11.5 Å². The van der Waals surface area contributed by atoms with Crippen LogP contribution >= 0.6 is 0 Å². The highest BCUT2D eigenvalue weighted by Gasteiger charge is 2.34. The van der Waals surface area contributed by atoms with Gasteiger partial charge in [0.05, 0.1) is 16.5 Å². The quantitative estimate of drug-likeness (QED) is 0.674. The third kappa shape index (κ3) is 3.11. The molecule has 0 amide bonds. The smallest absolute Gasteiger partial charge is 0.278 e. The molecule has 24 heavy (non-hydrogen) atoms. The molecule has 0 saturated carbocycles. The summed E-state index contributed by atoms with van der Waals surface area (Å²) in [6.45, 7) is 2.90. The second kappa shape index (κ2) is 6.59. The van der Waals surface area contributed by atoms with Crippen molar-refractivity contribution in [2.45, 2.75) is 19.0 Å². The van der Waals surface area contributed by atoms with E-state index in [0.29, 0.717) is 11.3 Å². The molecule has 3 rings (SSSR count). The van der Waals surface area contributed by atoms with Crippen LogP contribution in [-0.4, -0.2) is 36.5 Å². The van der Waals surface area contributed by atoms with E-state index in [2.05, 4.69) is 17.1 Å². The highest BCUT2D eigenvalue weighted by Crippen LogP contribution is 2.46. The van der Waals surface area contributed by atoms with Gasteiger partial charge in [-0.05, 0) is 33.2 Å². The first-order valence-corrected chi connectivity index (χ1v) is 7.92. The van der Waals surface area contributed by atoms with E-state index in [9.17, 15) is 10.1 Å². The van der Waals surface area contributed by atoms with E-state index in [1.54, 1.807) is 12.1 Å². The van der Waals surface area contributed by atoms with Crippen LogP contribution in [0.5, 0.6) is 11.5 Å². The third-order valence-electron chi connectivity index (χ3n) is 4.07. The molecule has 2 aromatic rings. The molecule has 1 heterocycles. The maximum atomic E-state index is 11.5. The minimum Gasteiger partial charge on any atom is -0.456 e. The van der Waals surface area contributed by atoms with Crippen LogP contribution in [-0.2, 0) is 0 Å². The van der Waals surface area contributed by atoms with Crippen molar-refractivity contribution in [2.24, 2.45) is 0 Å². The van der Waals surface area contributed by atoms with Gasteiger partial charge in [0.15, 0.2) is 0 Å². The fraction of sp³-hybridized carbons (Fsp3) is 0.333. The average molecular weight is 327 g/mol. The summed E-state index contributed by atoms with van der Waals surface area (Å²) in [6, 6.07) is 12.5. The summed E-state index contributed by atoms with van der Waals surface area (Å²) in [5, 5.41) is 15.0. The molecule has 1 N–H and O–H groups in total. The highest BCUT2D eigenvalue weighted by molar-refractivity contribution is 5.60. The van der Waals surface area contributed by atoms with Crippen molar-refractivity contribution in [3.05, 3.63) is 63.7 Å². The number of benzene rings is 2. The van der Waals surface area contributed by atoms with Gasteiger partial charge < -0.3 is 15.0 Å². The Hall–Kier alpha value is -2.44. The van der Waals surface area contributed by atoms with E-state index in [4.69, 9.17) is 4.74 Å². The van der Waals surface area contributed by atoms with Gasteiger partial charge in [-0.1, -0.05) is 24.3 Å². The van der Waals surface area contributed by atoms with Gasteiger partial charge in [0.1, 0.15) is 11.5 Å². The van der Waals surface area contributed by atoms with Crippen molar-refractivity contribution >= 4 is 5.69 Å². The second-order valence-electron chi connectivity index (χ2n) is 6.35. The predicted octanol–water partition coefficient (Wildman–Crippen LogP) is 3.33. The van der Waals surface area contributed by atoms with E-state index in [-0.39, 0.29) is 22.7 Å². The summed E-state index contributed by atoms with van der Waals surface area (Å²) >= 11 is 0. The van der Waals surface area contributed by atoms with Gasteiger partial charge in [-0.2, -0.15) is 0 Å². The number of ether oxygens (including phenoxy) is 1. The molecule has 6 nitrogen and oxygen atoms in total. The van der Waals surface area contributed by atoms with E-state index in [1.165, 1.54) is 6.07 Å². The Kier molecular flexibility index (Phi) is 4.51. The van der Waals surface area contributed by atoms with Crippen LogP contribution in [0.2, 0.25) is 0 Å². The van der Waals surface area contributed by atoms with Crippen molar-refractivity contribution in [3.63, 3.8) is 0 Å². The number of likely N-dealkylation sites (N-methyl/N-ethyl adjacent to an activating group) is 1. The Morgan fingerprint density at radius 1 is 1.21 bits per heavy atom. The van der Waals surface area contributed by atoms with Crippen LogP contribution in [0.1, 0.15) is 24.1 Å². The summed E-state index contributed by atoms with van der Waals surface area (Å²) in [5.74, 6) is 1.28. The highest BCUT2D eigenvalue weighted by atomic mass is 16.6. The van der Waals surface area contributed by atoms with Gasteiger partial charge >= 0.3 is 0 Å². The molecule has 0 radical (unpaired) electrons. The molecule has 6 heteroatoms. The third-order valence-corrected chi connectivity index (χ3v) is 4.07. The fourth-order valence-corrected chi connectivity index (χ4v) is 3.21. The molecular weight excluding hydrogens is 306 g/mol. The second-order valence-corrected chi connectivity index (χ2v) is 6.35. The predicted molar refractivity (Wildman–Crippen MR) is 92.6 cm³/mol. The Bertz CT molecular complexity index is 761. The number of nitrogens with one attached hydrogen (secondary N) is 1. The molecule has 1 aliphatic rings. The van der Waals surface area contributed by atoms with Gasteiger partial charge in [0.2, 0.25) is 0 Å². The van der Waals surface area contributed by atoms with Crippen molar-refractivity contribution in [1.82, 2.24) is 10.2 Å². The SMILES string of the molecule is CC(CN(C)C)NC1c2ccccc2Oc2cccc([N+](=O)[O-])c21. The molecule has 0 aromatic heterocycles. The van der Waals surface area contributed by atoms with Gasteiger partial charge in [-0.25, -0.2) is 0 Å². The maximum absolute atomic E-state index is 11.5. The standard InChI is InChI=1S/C18H21N3O3/c1-12(11-20(2)3)19-18-13-7-4-5-9-15(13)24-16-10-6-8-14(17(16)18)21(22)23/h4-10,12,18-19H,11H2,1-3H3. The maximum Gasteiger partial charge on any atom is 0.278 e. The van der Waals surface area contributed by atoms with Crippen LogP contribution < -0.4 is 10.1 Å². The van der Waals surface area contributed by atoms with E-state index in [1.807, 2.05) is 38.4 Å². The molecule has 0 saturated heterocycles. The lowest BCUT2D eigenvalue weighted by atomic mass is 9.92. The van der Waals surface area contributed by atoms with E-state index in [0.717, 1.165) is 17.9 Å². The summed E-state index contributed by atoms with van der Waals surface area (Å²) < 4.78 is 5.91. The number of fused-ring (bicyclic) bond motifs is 2. The molecule has 2 unspecified atom stereocenters. The largest absolute Gasteiger partial charge is 0.456 e. The van der Waals surface area contributed by atoms with Crippen LogP contribution in [0.4, 0.5) is 5.69 Å². The first-order chi connectivity index (χ1) is 11.5. The number of hydrogen-bond donors (Lipinski definition) is 1. The Morgan fingerprint density at radius 2 is 1.92 bits per heavy atom. The molecule has 2 aromatic carbocycles. The molecule has 126 valence electrons. The van der Waals surface area contributed by atoms with Crippen LogP contribution in [0, 0.1) is 10.1 Å². The zero-order chi connectivity index (χ0) is 17.3. The first-order valence-electron chi connectivity index (χ1n) is 7.92. The number of para-hydroxylation sites is 1. The van der Waals surface area contributed by atoms with E-state index < -0.39 is 0 Å². The zero-order valence-electron chi connectivity index (χ0n) is 14.0. The van der Waals surface area contributed by atoms with Crippen molar-refractivity contribution in [2.75, 3.05) is 20.6 Å². The molecular formula is C18H21N3O3. The van der Waals surface area contributed by atoms with Gasteiger partial charge in [-0.15, -0.1) is 0 Å². The summed E-state index contributed by atoms with van der Waals surface area (Å²) in [6.07, 6.45) is 0. The normalized spacial score (nSPS) is 16.9. The molecule has 1 aliphatic heterocycles. The molecule has 0 bridgehead atoms. The summed E-state index contributed by atoms with van der Waals surface area (Å²) in [4.78, 5) is 13.2. The number of nitro benzene ring substituents is 1. The topological polar surface area (TPSA) is 67.6 Å². The minimum absolute atomic E-state index is 0.0801. The van der Waals surface area contributed by atoms with Crippen LogP contribution in [0.15, 0.2) is 42.5 Å². The zero-order valence-corrected chi connectivity index (χ0v) is 14.0. The Balaban J connectivity index is 2.08. The van der Waals surface area contributed by atoms with Crippen molar-refractivity contribution in [1.29, 1.82) is 0 Å². The molecule has 2 atom stereocenters.